The normalized spacial score (nSPS) is 19.1. The Balaban J connectivity index is 2.14. The first-order valence-corrected chi connectivity index (χ1v) is 7.07. The molecule has 0 saturated carbocycles. The van der Waals surface area contributed by atoms with E-state index in [1.165, 1.54) is 7.05 Å². The number of hydrogen-bond donors (Lipinski definition) is 1. The van der Waals surface area contributed by atoms with Crippen molar-refractivity contribution in [1.82, 2.24) is 10.2 Å². The highest BCUT2D eigenvalue weighted by Gasteiger charge is 2.32. The van der Waals surface area contributed by atoms with Crippen LogP contribution in [0.3, 0.4) is 0 Å². The first kappa shape index (κ1) is 14.7. The topological polar surface area (TPSA) is 66.5 Å². The second kappa shape index (κ2) is 5.75. The summed E-state index contributed by atoms with van der Waals surface area (Å²) in [6, 6.07) is 4.76. The largest absolute Gasteiger partial charge is 0.340 e. The number of piperidine rings is 1. The maximum absolute atomic E-state index is 12.2. The second-order valence-electron chi connectivity index (χ2n) is 4.81. The van der Waals surface area contributed by atoms with Gasteiger partial charge in [-0.25, -0.2) is 0 Å². The van der Waals surface area contributed by atoms with Crippen molar-refractivity contribution in [3.05, 3.63) is 33.8 Å². The molecule has 0 aromatic heterocycles. The van der Waals surface area contributed by atoms with Crippen LogP contribution in [-0.4, -0.2) is 35.7 Å². The molecular formula is C14H15BrN2O3. The van der Waals surface area contributed by atoms with Crippen molar-refractivity contribution in [1.29, 1.82) is 0 Å². The summed E-state index contributed by atoms with van der Waals surface area (Å²) in [6.07, 6.45) is 0.617. The molecule has 0 aliphatic carbocycles. The summed E-state index contributed by atoms with van der Waals surface area (Å²) in [5.74, 6) is -0.869. The monoisotopic (exact) mass is 338 g/mol. The van der Waals surface area contributed by atoms with Gasteiger partial charge >= 0.3 is 0 Å². The maximum atomic E-state index is 12.2. The predicted octanol–water partition coefficient (Wildman–Crippen LogP) is 1.63. The molecule has 1 aliphatic heterocycles. The van der Waals surface area contributed by atoms with Crippen LogP contribution in [0.5, 0.6) is 0 Å². The Hall–Kier alpha value is -1.69. The van der Waals surface area contributed by atoms with Gasteiger partial charge in [-0.15, -0.1) is 0 Å². The fourth-order valence-electron chi connectivity index (χ4n) is 2.12. The Bertz CT molecular complexity index is 586. The first-order chi connectivity index (χ1) is 9.40. The maximum Gasteiger partial charge on any atom is 0.252 e. The number of aryl methyl sites for hydroxylation is 1. The number of nitrogens with one attached hydrogen (secondary N) is 1. The van der Waals surface area contributed by atoms with Gasteiger partial charge in [0.1, 0.15) is 6.04 Å². The van der Waals surface area contributed by atoms with Crippen LogP contribution < -0.4 is 5.32 Å². The van der Waals surface area contributed by atoms with Crippen molar-refractivity contribution < 1.29 is 14.4 Å². The van der Waals surface area contributed by atoms with Crippen molar-refractivity contribution in [2.24, 2.45) is 0 Å². The lowest BCUT2D eigenvalue weighted by Crippen LogP contribution is -2.53. The molecule has 106 valence electrons. The molecule has 6 heteroatoms. The summed E-state index contributed by atoms with van der Waals surface area (Å²) < 4.78 is 0.801. The van der Waals surface area contributed by atoms with Gasteiger partial charge in [0.2, 0.25) is 5.91 Å². The first-order valence-electron chi connectivity index (χ1n) is 6.27. The Morgan fingerprint density at radius 3 is 2.80 bits per heavy atom. The van der Waals surface area contributed by atoms with E-state index < -0.39 is 6.04 Å². The average Bonchev–Trinajstić information content (AvgIpc) is 2.42. The highest BCUT2D eigenvalue weighted by atomic mass is 79.9. The summed E-state index contributed by atoms with van der Waals surface area (Å²) in [5.41, 5.74) is 1.35. The number of nitrogens with zero attached hydrogens (tertiary/aromatic N) is 1. The van der Waals surface area contributed by atoms with E-state index in [0.29, 0.717) is 12.0 Å². The number of halogens is 1. The van der Waals surface area contributed by atoms with Gasteiger partial charge in [0.25, 0.3) is 11.8 Å². The van der Waals surface area contributed by atoms with Gasteiger partial charge in [-0.3, -0.25) is 19.3 Å². The number of imide groups is 1. The molecule has 0 spiro atoms. The molecule has 1 aliphatic rings. The van der Waals surface area contributed by atoms with E-state index in [4.69, 9.17) is 0 Å². The van der Waals surface area contributed by atoms with Crippen LogP contribution in [0.25, 0.3) is 0 Å². The van der Waals surface area contributed by atoms with E-state index >= 15 is 0 Å². The Kier molecular flexibility index (Phi) is 4.23. The molecule has 3 amide bonds. The van der Waals surface area contributed by atoms with Crippen molar-refractivity contribution in [3.8, 4) is 0 Å². The summed E-state index contributed by atoms with van der Waals surface area (Å²) in [4.78, 5) is 36.6. The molecule has 1 N–H and O–H groups in total. The highest BCUT2D eigenvalue weighted by molar-refractivity contribution is 9.10. The van der Waals surface area contributed by atoms with Crippen LogP contribution >= 0.6 is 15.9 Å². The molecule has 0 bridgehead atoms. The minimum atomic E-state index is -0.636. The van der Waals surface area contributed by atoms with Crippen LogP contribution in [0, 0.1) is 6.92 Å². The van der Waals surface area contributed by atoms with Crippen LogP contribution in [0.2, 0.25) is 0 Å². The van der Waals surface area contributed by atoms with Crippen LogP contribution in [-0.2, 0) is 9.59 Å². The lowest BCUT2D eigenvalue weighted by atomic mass is 10.0. The zero-order chi connectivity index (χ0) is 14.9. The minimum absolute atomic E-state index is 0.209. The van der Waals surface area contributed by atoms with E-state index in [9.17, 15) is 14.4 Å². The van der Waals surface area contributed by atoms with Gasteiger partial charge in [0.15, 0.2) is 0 Å². The molecule has 20 heavy (non-hydrogen) atoms. The van der Waals surface area contributed by atoms with E-state index in [2.05, 4.69) is 21.2 Å². The standard InChI is InChI=1S/C14H15BrN2O3/c1-8-3-4-9(15)7-10(8)13(19)16-11-5-6-12(18)17(2)14(11)20/h3-4,7,11H,5-6H2,1-2H3,(H,16,19). The molecule has 0 radical (unpaired) electrons. The van der Waals surface area contributed by atoms with Gasteiger partial charge in [-0.2, -0.15) is 0 Å². The lowest BCUT2D eigenvalue weighted by molar-refractivity contribution is -0.147. The fraction of sp³-hybridized carbons (Fsp3) is 0.357. The predicted molar refractivity (Wildman–Crippen MR) is 77.1 cm³/mol. The number of rotatable bonds is 2. The molecule has 1 saturated heterocycles. The van der Waals surface area contributed by atoms with Crippen molar-refractivity contribution in [3.63, 3.8) is 0 Å². The van der Waals surface area contributed by atoms with Crippen LogP contribution in [0.4, 0.5) is 0 Å². The SMILES string of the molecule is Cc1ccc(Br)cc1C(=O)NC1CCC(=O)N(C)C1=O. The number of likely N-dealkylation sites (tertiary alicyclic amines) is 1. The molecule has 2 rings (SSSR count). The lowest BCUT2D eigenvalue weighted by Gasteiger charge is -2.28. The molecule has 1 aromatic carbocycles. The molecule has 1 aromatic rings. The van der Waals surface area contributed by atoms with Gasteiger partial charge in [0.05, 0.1) is 0 Å². The van der Waals surface area contributed by atoms with Crippen molar-refractivity contribution in [2.75, 3.05) is 7.05 Å². The third-order valence-electron chi connectivity index (χ3n) is 3.40. The summed E-state index contributed by atoms with van der Waals surface area (Å²) >= 11 is 3.32. The average molecular weight is 339 g/mol. The number of benzene rings is 1. The molecule has 1 atom stereocenters. The minimum Gasteiger partial charge on any atom is -0.340 e. The van der Waals surface area contributed by atoms with Gasteiger partial charge in [0, 0.05) is 23.5 Å². The number of amides is 3. The van der Waals surface area contributed by atoms with Crippen LogP contribution in [0.1, 0.15) is 28.8 Å². The zero-order valence-electron chi connectivity index (χ0n) is 11.3. The van der Waals surface area contributed by atoms with Crippen molar-refractivity contribution in [2.45, 2.75) is 25.8 Å². The van der Waals surface area contributed by atoms with E-state index in [1.807, 2.05) is 19.1 Å². The van der Waals surface area contributed by atoms with Gasteiger partial charge in [-0.1, -0.05) is 22.0 Å². The zero-order valence-corrected chi connectivity index (χ0v) is 12.9. The second-order valence-corrected chi connectivity index (χ2v) is 5.73. The number of hydrogen-bond acceptors (Lipinski definition) is 3. The van der Waals surface area contributed by atoms with Gasteiger partial charge in [-0.05, 0) is 31.0 Å². The molecule has 1 heterocycles. The highest BCUT2D eigenvalue weighted by Crippen LogP contribution is 2.17. The summed E-state index contributed by atoms with van der Waals surface area (Å²) in [7, 11) is 1.44. The molecular weight excluding hydrogens is 324 g/mol. The van der Waals surface area contributed by atoms with E-state index in [1.54, 1.807) is 6.07 Å². The molecule has 1 fully saturated rings. The van der Waals surface area contributed by atoms with E-state index in [0.717, 1.165) is 14.9 Å². The third kappa shape index (κ3) is 2.90. The quantitative estimate of drug-likeness (QED) is 0.833. The third-order valence-corrected chi connectivity index (χ3v) is 3.89. The molecule has 1 unspecified atom stereocenters. The number of carbonyl (C=O) groups is 3. The van der Waals surface area contributed by atoms with Crippen LogP contribution in [0.15, 0.2) is 22.7 Å². The summed E-state index contributed by atoms with van der Waals surface area (Å²) in [6.45, 7) is 1.83. The number of carbonyl (C=O) groups excluding carboxylic acids is 3. The van der Waals surface area contributed by atoms with Crippen molar-refractivity contribution >= 4 is 33.7 Å². The Morgan fingerprint density at radius 2 is 2.10 bits per heavy atom. The smallest absolute Gasteiger partial charge is 0.252 e. The Morgan fingerprint density at radius 1 is 1.40 bits per heavy atom. The summed E-state index contributed by atoms with van der Waals surface area (Å²) in [5, 5.41) is 2.70. The number of likely N-dealkylation sites (N-methyl/N-ethyl adjacent to an activating group) is 1. The van der Waals surface area contributed by atoms with E-state index in [-0.39, 0.29) is 24.1 Å². The van der Waals surface area contributed by atoms with Gasteiger partial charge < -0.3 is 5.32 Å². The fourth-order valence-corrected chi connectivity index (χ4v) is 2.49. The molecule has 5 nitrogen and oxygen atoms in total. The Labute approximate surface area is 125 Å².